The fraction of sp³-hybridized carbons (Fsp3) is 0.727. The summed E-state index contributed by atoms with van der Waals surface area (Å²) in [6, 6.07) is 9.63. The van der Waals surface area contributed by atoms with Gasteiger partial charge in [0.15, 0.2) is 0 Å². The first-order valence-electron chi connectivity index (χ1n) is 9.39. The Morgan fingerprint density at radius 2 is 1.27 bits per heavy atom. The lowest BCUT2D eigenvalue weighted by molar-refractivity contribution is 0.280. The van der Waals surface area contributed by atoms with E-state index in [1.807, 2.05) is 0 Å². The molecule has 1 atom stereocenters. The Morgan fingerprint density at radius 1 is 0.818 bits per heavy atom. The van der Waals surface area contributed by atoms with Crippen molar-refractivity contribution < 1.29 is 0 Å². The van der Waals surface area contributed by atoms with Crippen LogP contribution in [0.2, 0.25) is 0 Å². The number of benzene rings is 1. The van der Waals surface area contributed by atoms with Crippen LogP contribution in [0.15, 0.2) is 24.3 Å². The molecule has 0 heterocycles. The fourth-order valence-corrected chi connectivity index (χ4v) is 3.64. The summed E-state index contributed by atoms with van der Waals surface area (Å²) >= 11 is 0. The van der Waals surface area contributed by atoms with E-state index in [2.05, 4.69) is 72.7 Å². The van der Waals surface area contributed by atoms with E-state index < -0.39 is 0 Å². The minimum absolute atomic E-state index is 0.331. The minimum atomic E-state index is 0.331. The standard InChI is InChI=1S/C22H38/c1-8-10-18(11-9-2)19-12-14-20(15-13-19)21(16-17(3)4)22(5,6)7/h12-15,17-18,21H,8-11,16H2,1-7H3. The van der Waals surface area contributed by atoms with Gasteiger partial charge in [-0.15, -0.1) is 0 Å². The summed E-state index contributed by atoms with van der Waals surface area (Å²) in [7, 11) is 0. The lowest BCUT2D eigenvalue weighted by Crippen LogP contribution is -2.20. The van der Waals surface area contributed by atoms with Crippen LogP contribution in [0.5, 0.6) is 0 Å². The smallest absolute Gasteiger partial charge is 0.0111 e. The molecule has 22 heavy (non-hydrogen) atoms. The van der Waals surface area contributed by atoms with Crippen molar-refractivity contribution in [2.75, 3.05) is 0 Å². The van der Waals surface area contributed by atoms with E-state index in [0.717, 1.165) is 11.8 Å². The Morgan fingerprint density at radius 3 is 1.64 bits per heavy atom. The van der Waals surface area contributed by atoms with Crippen LogP contribution in [0.3, 0.4) is 0 Å². The van der Waals surface area contributed by atoms with Gasteiger partial charge in [0.25, 0.3) is 0 Å². The van der Waals surface area contributed by atoms with Gasteiger partial charge in [0, 0.05) is 0 Å². The molecule has 1 unspecified atom stereocenters. The molecule has 0 amide bonds. The molecule has 0 saturated heterocycles. The second-order valence-electron chi connectivity index (χ2n) is 8.49. The van der Waals surface area contributed by atoms with E-state index in [9.17, 15) is 0 Å². The van der Waals surface area contributed by atoms with Crippen LogP contribution in [0, 0.1) is 11.3 Å². The maximum absolute atomic E-state index is 2.41. The Kier molecular flexibility index (Phi) is 7.66. The third-order valence-corrected chi connectivity index (χ3v) is 4.84. The monoisotopic (exact) mass is 302 g/mol. The molecule has 0 saturated carbocycles. The highest BCUT2D eigenvalue weighted by Crippen LogP contribution is 2.40. The van der Waals surface area contributed by atoms with Crippen molar-refractivity contribution >= 4 is 0 Å². The molecule has 1 aromatic carbocycles. The zero-order valence-electron chi connectivity index (χ0n) is 16.1. The van der Waals surface area contributed by atoms with E-state index in [1.165, 1.54) is 37.7 Å². The zero-order chi connectivity index (χ0) is 16.8. The molecule has 0 aliphatic heterocycles. The molecule has 1 rings (SSSR count). The van der Waals surface area contributed by atoms with Gasteiger partial charge in [0.2, 0.25) is 0 Å². The van der Waals surface area contributed by atoms with E-state index in [4.69, 9.17) is 0 Å². The van der Waals surface area contributed by atoms with Crippen LogP contribution in [-0.4, -0.2) is 0 Å². The largest absolute Gasteiger partial charge is 0.0654 e. The maximum Gasteiger partial charge on any atom is -0.0111 e. The summed E-state index contributed by atoms with van der Waals surface area (Å²) in [4.78, 5) is 0. The lowest BCUT2D eigenvalue weighted by atomic mass is 9.72. The van der Waals surface area contributed by atoms with Gasteiger partial charge in [-0.2, -0.15) is 0 Å². The lowest BCUT2D eigenvalue weighted by Gasteiger charge is -2.33. The van der Waals surface area contributed by atoms with Crippen molar-refractivity contribution in [3.8, 4) is 0 Å². The molecule has 0 heteroatoms. The van der Waals surface area contributed by atoms with Gasteiger partial charge in [-0.05, 0) is 53.6 Å². The first kappa shape index (κ1) is 19.3. The topological polar surface area (TPSA) is 0 Å². The van der Waals surface area contributed by atoms with E-state index in [-0.39, 0.29) is 0 Å². The van der Waals surface area contributed by atoms with Crippen molar-refractivity contribution in [1.29, 1.82) is 0 Å². The molecule has 0 aliphatic carbocycles. The summed E-state index contributed by atoms with van der Waals surface area (Å²) in [5.41, 5.74) is 3.40. The van der Waals surface area contributed by atoms with Gasteiger partial charge in [0.05, 0.1) is 0 Å². The Balaban J connectivity index is 2.97. The summed E-state index contributed by atoms with van der Waals surface area (Å²) in [6.45, 7) is 16.4. The molecule has 0 fully saturated rings. The highest BCUT2D eigenvalue weighted by Gasteiger charge is 2.27. The van der Waals surface area contributed by atoms with Gasteiger partial charge < -0.3 is 0 Å². The molecule has 0 bridgehead atoms. The second-order valence-corrected chi connectivity index (χ2v) is 8.49. The van der Waals surface area contributed by atoms with Gasteiger partial charge in [0.1, 0.15) is 0 Å². The number of hydrogen-bond donors (Lipinski definition) is 0. The highest BCUT2D eigenvalue weighted by atomic mass is 14.3. The molecule has 1 aromatic rings. The minimum Gasteiger partial charge on any atom is -0.0654 e. The van der Waals surface area contributed by atoms with Gasteiger partial charge in [-0.1, -0.05) is 85.6 Å². The van der Waals surface area contributed by atoms with Crippen molar-refractivity contribution in [3.63, 3.8) is 0 Å². The summed E-state index contributed by atoms with van der Waals surface area (Å²) in [5.74, 6) is 2.15. The zero-order valence-corrected chi connectivity index (χ0v) is 16.1. The average Bonchev–Trinajstić information content (AvgIpc) is 2.43. The summed E-state index contributed by atoms with van der Waals surface area (Å²) in [6.07, 6.45) is 6.48. The van der Waals surface area contributed by atoms with Crippen LogP contribution in [0.4, 0.5) is 0 Å². The molecule has 0 aromatic heterocycles. The van der Waals surface area contributed by atoms with Crippen LogP contribution in [0.25, 0.3) is 0 Å². The fourth-order valence-electron chi connectivity index (χ4n) is 3.64. The number of rotatable bonds is 8. The third-order valence-electron chi connectivity index (χ3n) is 4.84. The molecule has 0 aliphatic rings. The van der Waals surface area contributed by atoms with Gasteiger partial charge in [-0.25, -0.2) is 0 Å². The molecular weight excluding hydrogens is 264 g/mol. The first-order valence-corrected chi connectivity index (χ1v) is 9.39. The Hall–Kier alpha value is -0.780. The maximum atomic E-state index is 2.41. The molecule has 0 nitrogen and oxygen atoms in total. The first-order chi connectivity index (χ1) is 10.3. The second kappa shape index (κ2) is 8.75. The van der Waals surface area contributed by atoms with Crippen molar-refractivity contribution in [1.82, 2.24) is 0 Å². The molecular formula is C22H38. The van der Waals surface area contributed by atoms with E-state index in [0.29, 0.717) is 11.3 Å². The molecule has 0 N–H and O–H groups in total. The Bertz CT molecular complexity index is 399. The molecule has 126 valence electrons. The predicted molar refractivity (Wildman–Crippen MR) is 101 cm³/mol. The van der Waals surface area contributed by atoms with Crippen LogP contribution < -0.4 is 0 Å². The normalized spacial score (nSPS) is 13.9. The molecule has 0 radical (unpaired) electrons. The summed E-state index contributed by atoms with van der Waals surface area (Å²) in [5, 5.41) is 0. The Labute approximate surface area is 139 Å². The molecule has 0 spiro atoms. The quantitative estimate of drug-likeness (QED) is 0.465. The highest BCUT2D eigenvalue weighted by molar-refractivity contribution is 5.29. The van der Waals surface area contributed by atoms with E-state index >= 15 is 0 Å². The predicted octanol–water partition coefficient (Wildman–Crippen LogP) is 7.55. The van der Waals surface area contributed by atoms with Gasteiger partial charge in [-0.3, -0.25) is 0 Å². The third kappa shape index (κ3) is 5.78. The number of hydrogen-bond acceptors (Lipinski definition) is 0. The van der Waals surface area contributed by atoms with Crippen molar-refractivity contribution in [2.45, 2.75) is 92.4 Å². The van der Waals surface area contributed by atoms with Gasteiger partial charge >= 0.3 is 0 Å². The SMILES string of the molecule is CCCC(CCC)c1ccc(C(CC(C)C)C(C)(C)C)cc1. The van der Waals surface area contributed by atoms with Crippen LogP contribution in [0.1, 0.15) is 104 Å². The summed E-state index contributed by atoms with van der Waals surface area (Å²) < 4.78 is 0. The van der Waals surface area contributed by atoms with Crippen LogP contribution >= 0.6 is 0 Å². The van der Waals surface area contributed by atoms with Crippen molar-refractivity contribution in [2.24, 2.45) is 11.3 Å². The van der Waals surface area contributed by atoms with Crippen LogP contribution in [-0.2, 0) is 0 Å². The van der Waals surface area contributed by atoms with E-state index in [1.54, 1.807) is 5.56 Å². The van der Waals surface area contributed by atoms with Crippen molar-refractivity contribution in [3.05, 3.63) is 35.4 Å². The average molecular weight is 303 g/mol.